The van der Waals surface area contributed by atoms with E-state index in [1.54, 1.807) is 7.11 Å². The molecule has 2 aromatic carbocycles. The molecule has 0 aromatic heterocycles. The van der Waals surface area contributed by atoms with Crippen LogP contribution >= 0.6 is 0 Å². The van der Waals surface area contributed by atoms with Gasteiger partial charge in [0.1, 0.15) is 11.8 Å². The second kappa shape index (κ2) is 15.9. The molecule has 8 rings (SSSR count). The summed E-state index contributed by atoms with van der Waals surface area (Å²) >= 11 is 0. The first kappa shape index (κ1) is 38.5. The molecule has 2 aromatic rings. The Labute approximate surface area is 330 Å². The van der Waals surface area contributed by atoms with Gasteiger partial charge in [-0.3, -0.25) is 24.2 Å². The maximum absolute atomic E-state index is 13.8. The highest BCUT2D eigenvalue weighted by Crippen LogP contribution is 2.58. The van der Waals surface area contributed by atoms with Gasteiger partial charge in [0.25, 0.3) is 0 Å². The topological polar surface area (TPSA) is 140 Å². The maximum atomic E-state index is 13.8. The van der Waals surface area contributed by atoms with Crippen LogP contribution in [0.5, 0.6) is 28.7 Å². The van der Waals surface area contributed by atoms with Crippen molar-refractivity contribution in [3.63, 3.8) is 0 Å². The summed E-state index contributed by atoms with van der Waals surface area (Å²) in [6.45, 7) is 5.46. The van der Waals surface area contributed by atoms with Gasteiger partial charge in [0.05, 0.1) is 25.3 Å². The number of hydrogen-bond donors (Lipinski definition) is 1. The Hall–Kier alpha value is -4.34. The van der Waals surface area contributed by atoms with Crippen LogP contribution in [0.25, 0.3) is 0 Å². The number of likely N-dealkylation sites (N-methyl/N-ethyl adjacent to an activating group) is 1. The summed E-state index contributed by atoms with van der Waals surface area (Å²) in [7, 11) is 3.66. The minimum Gasteiger partial charge on any atom is -0.493 e. The standard InChI is InChI=1S/C44H56N4O8/c1-24-16-29-19-31-33(21-45)48-32(39(47(31)4)37(29)44(40(24)52-5)56-36(51)18-28-14-10-7-11-15-28)20-30-38(34(48)22-46-35(50)17-27-12-8-6-9-13-27)43-42(53-23-54-43)25(2)41(30)55-26(3)49/h16,27-28,31-34,39H,6-15,17-20,22-23H2,1-5H3,(H,46,50)/t31-,32?,33+,34+,39-/m1/s1. The highest BCUT2D eigenvalue weighted by Gasteiger charge is 2.57. The number of nitriles is 1. The SMILES string of the molecule is COc1c(C)cc2c(c1OC(=O)CC1CCCCC1)[C@H]1C3Cc4c(OC(C)=O)c(C)c5c(c4[C@H](CNC(=O)CC4CCCCC4)N3[C@@H](C#N)[C@@H](C2)N1C)OCO5. The predicted molar refractivity (Wildman–Crippen MR) is 207 cm³/mol. The van der Waals surface area contributed by atoms with Gasteiger partial charge in [-0.2, -0.15) is 5.26 Å². The number of benzene rings is 2. The number of piperazine rings is 1. The van der Waals surface area contributed by atoms with Gasteiger partial charge < -0.3 is 29.0 Å². The molecule has 3 fully saturated rings. The van der Waals surface area contributed by atoms with Crippen LogP contribution in [-0.2, 0) is 27.2 Å². The molecule has 12 nitrogen and oxygen atoms in total. The lowest BCUT2D eigenvalue weighted by atomic mass is 9.71. The van der Waals surface area contributed by atoms with E-state index in [-0.39, 0.29) is 43.3 Å². The minimum atomic E-state index is -0.570. The lowest BCUT2D eigenvalue weighted by Gasteiger charge is -2.60. The Bertz CT molecular complexity index is 1930. The normalized spacial score (nSPS) is 26.0. The van der Waals surface area contributed by atoms with Crippen LogP contribution in [0.4, 0.5) is 0 Å². The van der Waals surface area contributed by atoms with Crippen molar-refractivity contribution < 1.29 is 38.1 Å². The minimum absolute atomic E-state index is 0.00803. The van der Waals surface area contributed by atoms with E-state index in [0.717, 1.165) is 79.2 Å². The molecule has 1 unspecified atom stereocenters. The zero-order valence-corrected chi connectivity index (χ0v) is 33.5. The highest BCUT2D eigenvalue weighted by molar-refractivity contribution is 5.78. The van der Waals surface area contributed by atoms with E-state index in [2.05, 4.69) is 27.3 Å². The van der Waals surface area contributed by atoms with E-state index in [9.17, 15) is 19.6 Å². The lowest BCUT2D eigenvalue weighted by molar-refractivity contribution is -0.136. The van der Waals surface area contributed by atoms with Crippen LogP contribution in [0.1, 0.15) is 129 Å². The third-order valence-corrected chi connectivity index (χ3v) is 13.6. The number of ether oxygens (including phenoxy) is 5. The van der Waals surface area contributed by atoms with Crippen molar-refractivity contribution in [1.82, 2.24) is 15.1 Å². The third-order valence-electron chi connectivity index (χ3n) is 13.6. The summed E-state index contributed by atoms with van der Waals surface area (Å²) in [6.07, 6.45) is 12.9. The molecule has 4 heterocycles. The number of carbonyl (C=O) groups is 3. The van der Waals surface area contributed by atoms with Crippen molar-refractivity contribution in [3.05, 3.63) is 39.4 Å². The third kappa shape index (κ3) is 6.89. The van der Waals surface area contributed by atoms with E-state index >= 15 is 0 Å². The number of methoxy groups -OCH3 is 1. The zero-order valence-electron chi connectivity index (χ0n) is 33.5. The summed E-state index contributed by atoms with van der Waals surface area (Å²) in [5.41, 5.74) is 5.01. The van der Waals surface area contributed by atoms with Gasteiger partial charge in [-0.05, 0) is 82.4 Å². The first-order valence-electron chi connectivity index (χ1n) is 20.8. The Morgan fingerprint density at radius 2 is 1.55 bits per heavy atom. The van der Waals surface area contributed by atoms with Gasteiger partial charge in [0.2, 0.25) is 12.7 Å². The fraction of sp³-hybridized carbons (Fsp3) is 0.636. The van der Waals surface area contributed by atoms with Crippen LogP contribution in [0.15, 0.2) is 6.07 Å². The number of nitrogens with one attached hydrogen (secondary N) is 1. The number of rotatable bonds is 9. The van der Waals surface area contributed by atoms with E-state index in [1.165, 1.54) is 19.8 Å². The zero-order chi connectivity index (χ0) is 39.2. The predicted octanol–water partition coefficient (Wildman–Crippen LogP) is 6.70. The van der Waals surface area contributed by atoms with Gasteiger partial charge in [-0.1, -0.05) is 44.6 Å². The molecule has 0 radical (unpaired) electrons. The number of amides is 1. The van der Waals surface area contributed by atoms with Gasteiger partial charge >= 0.3 is 11.9 Å². The smallest absolute Gasteiger partial charge is 0.311 e. The summed E-state index contributed by atoms with van der Waals surface area (Å²) in [6, 6.07) is 2.82. The second-order valence-electron chi connectivity index (χ2n) is 17.0. The molecule has 300 valence electrons. The Kier molecular flexibility index (Phi) is 10.9. The number of fused-ring (bicyclic) bond motifs is 9. The first-order valence-corrected chi connectivity index (χ1v) is 20.8. The Balaban J connectivity index is 1.25. The molecule has 56 heavy (non-hydrogen) atoms. The van der Waals surface area contributed by atoms with Gasteiger partial charge in [0.15, 0.2) is 23.0 Å². The molecule has 1 saturated heterocycles. The van der Waals surface area contributed by atoms with Crippen molar-refractivity contribution in [2.45, 2.75) is 141 Å². The molecular formula is C44H56N4O8. The van der Waals surface area contributed by atoms with Crippen LogP contribution in [0.3, 0.4) is 0 Å². The maximum Gasteiger partial charge on any atom is 0.311 e. The summed E-state index contributed by atoms with van der Waals surface area (Å²) in [5, 5.41) is 14.4. The Morgan fingerprint density at radius 3 is 2.21 bits per heavy atom. The average molecular weight is 769 g/mol. The molecule has 0 spiro atoms. The number of nitrogens with zero attached hydrogens (tertiary/aromatic N) is 3. The van der Waals surface area contributed by atoms with E-state index in [0.29, 0.717) is 71.8 Å². The molecule has 12 heteroatoms. The number of carbonyl (C=O) groups excluding carboxylic acids is 3. The van der Waals surface area contributed by atoms with Crippen LogP contribution in [0, 0.1) is 37.0 Å². The summed E-state index contributed by atoms with van der Waals surface area (Å²) in [5.74, 6) is 2.40. The molecule has 2 saturated carbocycles. The quantitative estimate of drug-likeness (QED) is 0.215. The fourth-order valence-electron chi connectivity index (χ4n) is 11.1. The van der Waals surface area contributed by atoms with E-state index in [4.69, 9.17) is 23.7 Å². The highest BCUT2D eigenvalue weighted by atomic mass is 16.7. The average Bonchev–Trinajstić information content (AvgIpc) is 3.67. The van der Waals surface area contributed by atoms with E-state index in [1.807, 2.05) is 20.9 Å². The molecule has 2 aliphatic carbocycles. The number of hydrogen-bond acceptors (Lipinski definition) is 11. The van der Waals surface area contributed by atoms with Crippen LogP contribution in [0.2, 0.25) is 0 Å². The van der Waals surface area contributed by atoms with Gasteiger partial charge in [-0.25, -0.2) is 0 Å². The number of esters is 2. The molecular weight excluding hydrogens is 713 g/mol. The van der Waals surface area contributed by atoms with Crippen molar-refractivity contribution in [2.75, 3.05) is 27.5 Å². The van der Waals surface area contributed by atoms with Crippen LogP contribution < -0.4 is 29.0 Å². The second-order valence-corrected chi connectivity index (χ2v) is 17.0. The summed E-state index contributed by atoms with van der Waals surface area (Å²) < 4.78 is 30.7. The largest absolute Gasteiger partial charge is 0.493 e. The Morgan fingerprint density at radius 1 is 0.875 bits per heavy atom. The lowest BCUT2D eigenvalue weighted by Crippen LogP contribution is -2.68. The molecule has 2 bridgehead atoms. The molecule has 1 N–H and O–H groups in total. The van der Waals surface area contributed by atoms with Crippen molar-refractivity contribution >= 4 is 17.8 Å². The van der Waals surface area contributed by atoms with Crippen molar-refractivity contribution in [1.29, 1.82) is 5.26 Å². The van der Waals surface area contributed by atoms with Gasteiger partial charge in [-0.15, -0.1) is 0 Å². The fourth-order valence-corrected chi connectivity index (χ4v) is 11.1. The monoisotopic (exact) mass is 768 g/mol. The molecule has 4 aliphatic heterocycles. The van der Waals surface area contributed by atoms with Gasteiger partial charge in [0, 0.05) is 60.6 Å². The van der Waals surface area contributed by atoms with Crippen molar-refractivity contribution in [3.8, 4) is 34.8 Å². The molecule has 5 atom stereocenters. The molecule has 1 amide bonds. The van der Waals surface area contributed by atoms with Crippen LogP contribution in [-0.4, -0.2) is 73.3 Å². The summed E-state index contributed by atoms with van der Waals surface area (Å²) in [4.78, 5) is 44.8. The van der Waals surface area contributed by atoms with Crippen molar-refractivity contribution in [2.24, 2.45) is 11.8 Å². The van der Waals surface area contributed by atoms with E-state index < -0.39 is 18.1 Å². The first-order chi connectivity index (χ1) is 27.1. The molecule has 6 aliphatic rings. The number of aryl methyl sites for hydroxylation is 1.